The fraction of sp³-hybridized carbons (Fsp3) is 0.143. The second-order valence-electron chi connectivity index (χ2n) is 3.89. The summed E-state index contributed by atoms with van der Waals surface area (Å²) in [5.74, 6) is 0.865. The molecular formula is C14H16ClNO. The average molecular weight is 250 g/mol. The minimum absolute atomic E-state index is 0. The molecule has 0 aliphatic carbocycles. The predicted molar refractivity (Wildman–Crippen MR) is 64.5 cm³/mol. The van der Waals surface area contributed by atoms with Crippen molar-refractivity contribution >= 4 is 5.69 Å². The molecule has 0 aromatic heterocycles. The molecule has 0 unspecified atom stereocenters. The van der Waals surface area contributed by atoms with Crippen LogP contribution >= 0.6 is 0 Å². The Balaban J connectivity index is 0.00000144. The van der Waals surface area contributed by atoms with E-state index in [2.05, 4.69) is 24.8 Å². The Labute approximate surface area is 108 Å². The van der Waals surface area contributed by atoms with Crippen LogP contribution in [0.3, 0.4) is 0 Å². The van der Waals surface area contributed by atoms with Crippen molar-refractivity contribution in [3.8, 4) is 5.75 Å². The van der Waals surface area contributed by atoms with Gasteiger partial charge in [0.05, 0.1) is 0 Å². The molecular weight excluding hydrogens is 234 g/mol. The van der Waals surface area contributed by atoms with Crippen molar-refractivity contribution in [3.05, 3.63) is 59.7 Å². The lowest BCUT2D eigenvalue weighted by Crippen LogP contribution is -3.00. The monoisotopic (exact) mass is 249 g/mol. The molecule has 0 atom stereocenters. The third-order valence-corrected chi connectivity index (χ3v) is 2.46. The molecule has 0 radical (unpaired) electrons. The van der Waals surface area contributed by atoms with Crippen LogP contribution in [0.25, 0.3) is 0 Å². The Morgan fingerprint density at radius 1 is 1.06 bits per heavy atom. The minimum Gasteiger partial charge on any atom is -1.00 e. The quantitative estimate of drug-likeness (QED) is 0.779. The number of aryl methyl sites for hydroxylation is 1. The summed E-state index contributed by atoms with van der Waals surface area (Å²) >= 11 is 0. The number of hydrogen-bond acceptors (Lipinski definition) is 1. The van der Waals surface area contributed by atoms with Crippen LogP contribution in [0.1, 0.15) is 11.1 Å². The number of benzene rings is 2. The summed E-state index contributed by atoms with van der Waals surface area (Å²) < 4.78 is 5.74. The molecule has 2 rings (SSSR count). The van der Waals surface area contributed by atoms with E-state index in [1.807, 2.05) is 36.4 Å². The SMILES string of the molecule is Cc1ccc([NH3+])c(OCc2ccccc2)c1.[Cl-]. The highest BCUT2D eigenvalue weighted by molar-refractivity contribution is 5.46. The topological polar surface area (TPSA) is 36.9 Å². The molecule has 3 N–H and O–H groups in total. The highest BCUT2D eigenvalue weighted by Crippen LogP contribution is 2.21. The molecule has 0 bridgehead atoms. The molecule has 90 valence electrons. The summed E-state index contributed by atoms with van der Waals surface area (Å²) in [6.45, 7) is 2.64. The van der Waals surface area contributed by atoms with E-state index in [1.54, 1.807) is 0 Å². The zero-order valence-corrected chi connectivity index (χ0v) is 10.6. The maximum atomic E-state index is 5.74. The second-order valence-corrected chi connectivity index (χ2v) is 3.89. The summed E-state index contributed by atoms with van der Waals surface area (Å²) in [6.07, 6.45) is 0. The Hall–Kier alpha value is -1.51. The summed E-state index contributed by atoms with van der Waals surface area (Å²) in [5.41, 5.74) is 7.24. The average Bonchev–Trinajstić information content (AvgIpc) is 2.32. The summed E-state index contributed by atoms with van der Waals surface area (Å²) in [6, 6.07) is 16.2. The van der Waals surface area contributed by atoms with Crippen LogP contribution in [0.15, 0.2) is 48.5 Å². The van der Waals surface area contributed by atoms with E-state index in [-0.39, 0.29) is 12.4 Å². The van der Waals surface area contributed by atoms with Crippen LogP contribution in [0.4, 0.5) is 5.69 Å². The van der Waals surface area contributed by atoms with Gasteiger partial charge in [-0.3, -0.25) is 0 Å². The first-order valence-corrected chi connectivity index (χ1v) is 5.35. The molecule has 0 saturated carbocycles. The Kier molecular flexibility index (Phi) is 5.01. The molecule has 0 saturated heterocycles. The maximum absolute atomic E-state index is 5.74. The fourth-order valence-corrected chi connectivity index (χ4v) is 1.53. The highest BCUT2D eigenvalue weighted by atomic mass is 35.5. The number of quaternary nitrogens is 1. The van der Waals surface area contributed by atoms with Gasteiger partial charge >= 0.3 is 0 Å². The van der Waals surface area contributed by atoms with E-state index in [1.165, 1.54) is 11.1 Å². The molecule has 0 aliphatic heterocycles. The van der Waals surface area contributed by atoms with E-state index >= 15 is 0 Å². The van der Waals surface area contributed by atoms with Crippen molar-refractivity contribution in [3.63, 3.8) is 0 Å². The van der Waals surface area contributed by atoms with E-state index in [0.29, 0.717) is 6.61 Å². The van der Waals surface area contributed by atoms with Gasteiger partial charge in [0.2, 0.25) is 0 Å². The fourth-order valence-electron chi connectivity index (χ4n) is 1.53. The molecule has 0 spiro atoms. The zero-order chi connectivity index (χ0) is 11.4. The Morgan fingerprint density at radius 2 is 1.76 bits per heavy atom. The highest BCUT2D eigenvalue weighted by Gasteiger charge is 2.03. The predicted octanol–water partition coefficient (Wildman–Crippen LogP) is -0.549. The van der Waals surface area contributed by atoms with Gasteiger partial charge in [0, 0.05) is 6.07 Å². The van der Waals surface area contributed by atoms with E-state index in [4.69, 9.17) is 4.74 Å². The third kappa shape index (κ3) is 3.77. The van der Waals surface area contributed by atoms with Crippen LogP contribution in [0, 0.1) is 6.92 Å². The van der Waals surface area contributed by atoms with Gasteiger partial charge in [-0.2, -0.15) is 0 Å². The standard InChI is InChI=1S/C14H15NO.ClH/c1-11-7-8-13(15)14(9-11)16-10-12-5-3-2-4-6-12;/h2-9H,10,15H2,1H3;1H. The van der Waals surface area contributed by atoms with Crippen LogP contribution in [0.5, 0.6) is 5.75 Å². The van der Waals surface area contributed by atoms with Crippen molar-refractivity contribution in [2.75, 3.05) is 0 Å². The van der Waals surface area contributed by atoms with Crippen LogP contribution in [-0.4, -0.2) is 0 Å². The molecule has 0 aliphatic rings. The Morgan fingerprint density at radius 3 is 2.47 bits per heavy atom. The van der Waals surface area contributed by atoms with Crippen molar-refractivity contribution in [2.24, 2.45) is 0 Å². The normalized spacial score (nSPS) is 9.53. The minimum atomic E-state index is 0. The largest absolute Gasteiger partial charge is 1.00 e. The summed E-state index contributed by atoms with van der Waals surface area (Å²) in [5, 5.41) is 0. The third-order valence-electron chi connectivity index (χ3n) is 2.46. The number of ether oxygens (including phenoxy) is 1. The van der Waals surface area contributed by atoms with Crippen molar-refractivity contribution in [2.45, 2.75) is 13.5 Å². The van der Waals surface area contributed by atoms with Gasteiger partial charge in [-0.1, -0.05) is 36.4 Å². The molecule has 0 amide bonds. The number of rotatable bonds is 3. The summed E-state index contributed by atoms with van der Waals surface area (Å²) in [7, 11) is 0. The lowest BCUT2D eigenvalue weighted by atomic mass is 10.2. The van der Waals surface area contributed by atoms with Crippen LogP contribution in [-0.2, 0) is 6.61 Å². The second kappa shape index (κ2) is 6.28. The van der Waals surface area contributed by atoms with Gasteiger partial charge in [0.1, 0.15) is 6.61 Å². The first-order chi connectivity index (χ1) is 7.75. The van der Waals surface area contributed by atoms with E-state index < -0.39 is 0 Å². The first kappa shape index (κ1) is 13.6. The van der Waals surface area contributed by atoms with Gasteiger partial charge in [-0.25, -0.2) is 0 Å². The van der Waals surface area contributed by atoms with Crippen molar-refractivity contribution < 1.29 is 22.9 Å². The van der Waals surface area contributed by atoms with Crippen LogP contribution < -0.4 is 22.9 Å². The van der Waals surface area contributed by atoms with E-state index in [0.717, 1.165) is 11.4 Å². The molecule has 17 heavy (non-hydrogen) atoms. The number of hydrogen-bond donors (Lipinski definition) is 1. The molecule has 2 nitrogen and oxygen atoms in total. The lowest BCUT2D eigenvalue weighted by molar-refractivity contribution is -0.256. The smallest absolute Gasteiger partial charge is 0.180 e. The van der Waals surface area contributed by atoms with Gasteiger partial charge < -0.3 is 22.9 Å². The zero-order valence-electron chi connectivity index (χ0n) is 9.82. The number of halogens is 1. The Bertz CT molecular complexity index is 471. The van der Waals surface area contributed by atoms with Crippen LogP contribution in [0.2, 0.25) is 0 Å². The molecule has 3 heteroatoms. The molecule has 2 aromatic carbocycles. The maximum Gasteiger partial charge on any atom is 0.180 e. The van der Waals surface area contributed by atoms with Gasteiger partial charge in [0.15, 0.2) is 11.4 Å². The van der Waals surface area contributed by atoms with Gasteiger partial charge in [-0.15, -0.1) is 0 Å². The molecule has 2 aromatic rings. The van der Waals surface area contributed by atoms with E-state index in [9.17, 15) is 0 Å². The van der Waals surface area contributed by atoms with Crippen molar-refractivity contribution in [1.29, 1.82) is 0 Å². The molecule has 0 fully saturated rings. The van der Waals surface area contributed by atoms with Gasteiger partial charge in [0.25, 0.3) is 0 Å². The summed E-state index contributed by atoms with van der Waals surface area (Å²) in [4.78, 5) is 0. The van der Waals surface area contributed by atoms with Crippen molar-refractivity contribution in [1.82, 2.24) is 0 Å². The van der Waals surface area contributed by atoms with Gasteiger partial charge in [-0.05, 0) is 24.1 Å². The lowest BCUT2D eigenvalue weighted by Gasteiger charge is -2.07. The first-order valence-electron chi connectivity index (χ1n) is 5.35. The molecule has 0 heterocycles.